The molecule has 1 fully saturated rings. The van der Waals surface area contributed by atoms with Crippen LogP contribution in [0.25, 0.3) is 0 Å². The molecule has 27 heavy (non-hydrogen) atoms. The zero-order valence-corrected chi connectivity index (χ0v) is 15.3. The van der Waals surface area contributed by atoms with Crippen molar-refractivity contribution in [2.24, 2.45) is 5.92 Å². The van der Waals surface area contributed by atoms with E-state index in [4.69, 9.17) is 14.2 Å². The Balaban J connectivity index is 1.33. The van der Waals surface area contributed by atoms with Gasteiger partial charge in [-0.3, -0.25) is 4.79 Å². The molecule has 1 aromatic carbocycles. The van der Waals surface area contributed by atoms with Crippen molar-refractivity contribution in [1.29, 1.82) is 0 Å². The number of hydrogen-bond donors (Lipinski definition) is 0. The molecule has 1 aromatic heterocycles. The summed E-state index contributed by atoms with van der Waals surface area (Å²) in [6.45, 7) is 1.75. The van der Waals surface area contributed by atoms with E-state index in [1.54, 1.807) is 25.6 Å². The highest BCUT2D eigenvalue weighted by molar-refractivity contribution is 5.80. The van der Waals surface area contributed by atoms with Crippen molar-refractivity contribution in [2.75, 3.05) is 26.8 Å². The smallest absolute Gasteiger partial charge is 0.316 e. The van der Waals surface area contributed by atoms with E-state index in [0.717, 1.165) is 29.9 Å². The lowest BCUT2D eigenvalue weighted by Gasteiger charge is -2.35. The first-order chi connectivity index (χ1) is 13.2. The minimum absolute atomic E-state index is 0.0454. The topological polar surface area (TPSA) is 73.8 Å². The van der Waals surface area contributed by atoms with Crippen LogP contribution in [0.5, 0.6) is 17.5 Å². The van der Waals surface area contributed by atoms with E-state index in [0.29, 0.717) is 32.1 Å². The van der Waals surface area contributed by atoms with E-state index < -0.39 is 0 Å². The molecular weight excluding hydrogens is 346 g/mol. The number of aromatic nitrogens is 2. The number of fused-ring (bicyclic) bond motifs is 1. The molecule has 3 heterocycles. The Labute approximate surface area is 158 Å². The second kappa shape index (κ2) is 7.82. The molecule has 1 amide bonds. The van der Waals surface area contributed by atoms with Gasteiger partial charge < -0.3 is 19.1 Å². The lowest BCUT2D eigenvalue weighted by Crippen LogP contribution is -2.46. The molecule has 0 aliphatic carbocycles. The molecule has 4 rings (SSSR count). The molecule has 1 unspecified atom stereocenters. The Hall–Kier alpha value is -2.83. The summed E-state index contributed by atoms with van der Waals surface area (Å²) < 4.78 is 17.0. The Morgan fingerprint density at radius 1 is 1.19 bits per heavy atom. The van der Waals surface area contributed by atoms with Crippen molar-refractivity contribution in [1.82, 2.24) is 14.9 Å². The van der Waals surface area contributed by atoms with Crippen LogP contribution in [0.3, 0.4) is 0 Å². The summed E-state index contributed by atoms with van der Waals surface area (Å²) in [7, 11) is 1.63. The van der Waals surface area contributed by atoms with Crippen molar-refractivity contribution in [3.05, 3.63) is 42.2 Å². The Kier molecular flexibility index (Phi) is 5.09. The van der Waals surface area contributed by atoms with Crippen LogP contribution in [0, 0.1) is 5.92 Å². The van der Waals surface area contributed by atoms with Gasteiger partial charge in [0, 0.05) is 38.3 Å². The number of carbonyl (C=O) groups is 1. The van der Waals surface area contributed by atoms with Gasteiger partial charge in [-0.25, -0.2) is 9.97 Å². The molecule has 2 aliphatic heterocycles. The average molecular weight is 369 g/mol. The van der Waals surface area contributed by atoms with Crippen LogP contribution in [0.1, 0.15) is 18.4 Å². The third-order valence-corrected chi connectivity index (χ3v) is 5.09. The van der Waals surface area contributed by atoms with Crippen LogP contribution in [-0.4, -0.2) is 53.7 Å². The Morgan fingerprint density at radius 2 is 1.96 bits per heavy atom. The molecule has 1 saturated heterocycles. The molecule has 0 saturated carbocycles. The van der Waals surface area contributed by atoms with Crippen LogP contribution in [0.2, 0.25) is 0 Å². The number of hydrogen-bond acceptors (Lipinski definition) is 6. The number of nitrogens with zero attached hydrogens (tertiary/aromatic N) is 3. The van der Waals surface area contributed by atoms with Crippen LogP contribution < -0.4 is 14.2 Å². The summed E-state index contributed by atoms with van der Waals surface area (Å²) >= 11 is 0. The maximum Gasteiger partial charge on any atom is 0.316 e. The summed E-state index contributed by atoms with van der Waals surface area (Å²) in [5, 5.41) is 0. The maximum absolute atomic E-state index is 12.9. The van der Waals surface area contributed by atoms with Gasteiger partial charge in [-0.1, -0.05) is 12.1 Å². The third kappa shape index (κ3) is 3.82. The molecule has 7 nitrogen and oxygen atoms in total. The molecule has 2 aliphatic rings. The summed E-state index contributed by atoms with van der Waals surface area (Å²) in [5.74, 6) is 1.48. The molecule has 0 spiro atoms. The first-order valence-electron chi connectivity index (χ1n) is 9.25. The summed E-state index contributed by atoms with van der Waals surface area (Å²) in [6, 6.07) is 7.96. The fourth-order valence-electron chi connectivity index (χ4n) is 3.66. The van der Waals surface area contributed by atoms with Gasteiger partial charge in [0.25, 0.3) is 0 Å². The van der Waals surface area contributed by atoms with Crippen LogP contribution in [-0.2, 0) is 11.2 Å². The third-order valence-electron chi connectivity index (χ3n) is 5.09. The minimum Gasteiger partial charge on any atom is -0.493 e. The number of ether oxygens (including phenoxy) is 3. The lowest BCUT2D eigenvalue weighted by molar-refractivity contribution is -0.138. The summed E-state index contributed by atoms with van der Waals surface area (Å²) in [5.41, 5.74) is 1.03. The molecule has 0 radical (unpaired) electrons. The van der Waals surface area contributed by atoms with Crippen LogP contribution in [0.4, 0.5) is 0 Å². The normalized spacial score (nSPS) is 19.7. The lowest BCUT2D eigenvalue weighted by atomic mass is 9.94. The number of likely N-dealkylation sites (tertiary alicyclic amines) is 1. The first kappa shape index (κ1) is 17.6. The van der Waals surface area contributed by atoms with Gasteiger partial charge >= 0.3 is 6.01 Å². The number of benzene rings is 1. The molecule has 0 bridgehead atoms. The van der Waals surface area contributed by atoms with Gasteiger partial charge in [0.15, 0.2) is 11.5 Å². The maximum atomic E-state index is 12.9. The van der Waals surface area contributed by atoms with E-state index in [9.17, 15) is 4.79 Å². The van der Waals surface area contributed by atoms with E-state index in [1.165, 1.54) is 0 Å². The highest BCUT2D eigenvalue weighted by Gasteiger charge is 2.33. The molecule has 7 heteroatoms. The monoisotopic (exact) mass is 369 g/mol. The van der Waals surface area contributed by atoms with E-state index in [1.807, 2.05) is 23.1 Å². The Morgan fingerprint density at radius 3 is 2.70 bits per heavy atom. The molecular formula is C20H23N3O4. The first-order valence-corrected chi connectivity index (χ1v) is 9.25. The SMILES string of the molecule is COc1cccc2c1OCC(C(=O)N1CCC(Oc3ncccn3)CC1)C2. The Bertz CT molecular complexity index is 791. The number of methoxy groups -OCH3 is 1. The van der Waals surface area contributed by atoms with Crippen LogP contribution in [0.15, 0.2) is 36.7 Å². The van der Waals surface area contributed by atoms with E-state index >= 15 is 0 Å². The fraction of sp³-hybridized carbons (Fsp3) is 0.450. The molecule has 142 valence electrons. The van der Waals surface area contributed by atoms with Crippen molar-refractivity contribution in [2.45, 2.75) is 25.4 Å². The molecule has 0 N–H and O–H groups in total. The highest BCUT2D eigenvalue weighted by Crippen LogP contribution is 2.36. The zero-order valence-electron chi connectivity index (χ0n) is 15.3. The fourth-order valence-corrected chi connectivity index (χ4v) is 3.66. The van der Waals surface area contributed by atoms with Gasteiger partial charge in [0.05, 0.1) is 13.0 Å². The number of piperidine rings is 1. The number of para-hydroxylation sites is 1. The van der Waals surface area contributed by atoms with Crippen molar-refractivity contribution < 1.29 is 19.0 Å². The largest absolute Gasteiger partial charge is 0.493 e. The van der Waals surface area contributed by atoms with Crippen molar-refractivity contribution >= 4 is 5.91 Å². The highest BCUT2D eigenvalue weighted by atomic mass is 16.5. The average Bonchev–Trinajstić information content (AvgIpc) is 2.73. The minimum atomic E-state index is -0.153. The van der Waals surface area contributed by atoms with Crippen LogP contribution >= 0.6 is 0 Å². The van der Waals surface area contributed by atoms with Crippen molar-refractivity contribution in [3.63, 3.8) is 0 Å². The molecule has 2 aromatic rings. The predicted octanol–water partition coefficient (Wildman–Crippen LogP) is 2.11. The zero-order chi connectivity index (χ0) is 18.6. The second-order valence-electron chi connectivity index (χ2n) is 6.83. The van der Waals surface area contributed by atoms with Gasteiger partial charge in [0.2, 0.25) is 5.91 Å². The van der Waals surface area contributed by atoms with Gasteiger partial charge in [-0.2, -0.15) is 0 Å². The van der Waals surface area contributed by atoms with Gasteiger partial charge in [0.1, 0.15) is 12.7 Å². The van der Waals surface area contributed by atoms with Gasteiger partial charge in [-0.15, -0.1) is 0 Å². The summed E-state index contributed by atoms with van der Waals surface area (Å²) in [4.78, 5) is 23.0. The van der Waals surface area contributed by atoms with Gasteiger partial charge in [-0.05, 0) is 24.1 Å². The van der Waals surface area contributed by atoms with E-state index in [2.05, 4.69) is 9.97 Å². The number of carbonyl (C=O) groups excluding carboxylic acids is 1. The predicted molar refractivity (Wildman–Crippen MR) is 97.9 cm³/mol. The molecule has 1 atom stereocenters. The number of amides is 1. The number of rotatable bonds is 4. The summed E-state index contributed by atoms with van der Waals surface area (Å²) in [6.07, 6.45) is 5.61. The van der Waals surface area contributed by atoms with Crippen molar-refractivity contribution in [3.8, 4) is 17.5 Å². The standard InChI is InChI=1S/C20H23N3O4/c1-25-17-5-2-4-14-12-15(13-26-18(14)17)19(24)23-10-6-16(7-11-23)27-20-21-8-3-9-22-20/h2-5,8-9,15-16H,6-7,10-13H2,1H3. The second-order valence-corrected chi connectivity index (χ2v) is 6.83. The van der Waals surface area contributed by atoms with E-state index in [-0.39, 0.29) is 17.9 Å². The quantitative estimate of drug-likeness (QED) is 0.822.